The van der Waals surface area contributed by atoms with Gasteiger partial charge in [0.15, 0.2) is 5.82 Å². The largest absolute Gasteiger partial charge is 0.497 e. The van der Waals surface area contributed by atoms with Gasteiger partial charge in [-0.2, -0.15) is 0 Å². The van der Waals surface area contributed by atoms with E-state index in [-0.39, 0.29) is 0 Å². The first-order chi connectivity index (χ1) is 9.17. The zero-order valence-electron chi connectivity index (χ0n) is 10.5. The summed E-state index contributed by atoms with van der Waals surface area (Å²) < 4.78 is 5.17. The molecule has 0 unspecified atom stereocenters. The van der Waals surface area contributed by atoms with Crippen LogP contribution in [0, 0.1) is 6.92 Å². The topological polar surface area (TPSA) is 73.9 Å². The Labute approximate surface area is 114 Å². The minimum Gasteiger partial charge on any atom is -0.497 e. The van der Waals surface area contributed by atoms with Gasteiger partial charge >= 0.3 is 0 Å². The summed E-state index contributed by atoms with van der Waals surface area (Å²) in [5.74, 6) is 1.73. The Kier molecular flexibility index (Phi) is 2.79. The second-order valence-corrected chi connectivity index (χ2v) is 5.13. The molecule has 0 bridgehead atoms. The van der Waals surface area contributed by atoms with Crippen LogP contribution in [0.4, 0.5) is 5.82 Å². The number of fused-ring (bicyclic) bond motifs is 1. The van der Waals surface area contributed by atoms with Crippen LogP contribution >= 0.6 is 11.3 Å². The molecule has 96 valence electrons. The van der Waals surface area contributed by atoms with Crippen molar-refractivity contribution in [3.8, 4) is 17.3 Å². The van der Waals surface area contributed by atoms with Crippen LogP contribution in [-0.2, 0) is 0 Å². The molecular weight excluding hydrogens is 260 g/mol. The molecule has 1 aromatic carbocycles. The minimum atomic E-state index is 0.435. The number of nitrogen functional groups attached to an aromatic ring is 1. The summed E-state index contributed by atoms with van der Waals surface area (Å²) in [7, 11) is 1.62. The Balaban J connectivity index is 2.19. The van der Waals surface area contributed by atoms with Crippen LogP contribution in [0.1, 0.15) is 5.01 Å². The van der Waals surface area contributed by atoms with E-state index in [0.29, 0.717) is 11.6 Å². The first-order valence-electron chi connectivity index (χ1n) is 5.71. The molecule has 0 saturated heterocycles. The van der Waals surface area contributed by atoms with Gasteiger partial charge in [-0.3, -0.25) is 0 Å². The van der Waals surface area contributed by atoms with Crippen molar-refractivity contribution in [3.63, 3.8) is 0 Å². The maximum absolute atomic E-state index is 5.99. The third-order valence-electron chi connectivity index (χ3n) is 2.78. The second kappa shape index (κ2) is 4.47. The Morgan fingerprint density at radius 3 is 2.74 bits per heavy atom. The van der Waals surface area contributed by atoms with E-state index >= 15 is 0 Å². The van der Waals surface area contributed by atoms with Gasteiger partial charge in [-0.15, -0.1) is 11.3 Å². The van der Waals surface area contributed by atoms with Crippen molar-refractivity contribution in [2.45, 2.75) is 6.92 Å². The van der Waals surface area contributed by atoms with Crippen molar-refractivity contribution in [3.05, 3.63) is 28.6 Å². The molecule has 0 aliphatic heterocycles. The van der Waals surface area contributed by atoms with Gasteiger partial charge in [0, 0.05) is 10.8 Å². The lowest BCUT2D eigenvalue weighted by molar-refractivity contribution is 0.415. The fraction of sp³-hybridized carbons (Fsp3) is 0.154. The van der Waals surface area contributed by atoms with Gasteiger partial charge in [0.2, 0.25) is 0 Å². The average molecular weight is 272 g/mol. The number of ether oxygens (including phenoxy) is 1. The quantitative estimate of drug-likeness (QED) is 0.776. The van der Waals surface area contributed by atoms with Crippen molar-refractivity contribution in [1.82, 2.24) is 15.0 Å². The molecule has 0 spiro atoms. The molecule has 0 aliphatic rings. The normalized spacial score (nSPS) is 10.8. The standard InChI is InChI=1S/C13H12N4OS/c1-7-15-11(6-19-7)13-16-10-4-3-8(18-2)5-9(10)12(14)17-13/h3-6H,1-2H3,(H2,14,16,17). The smallest absolute Gasteiger partial charge is 0.181 e. The zero-order valence-corrected chi connectivity index (χ0v) is 11.4. The molecule has 19 heavy (non-hydrogen) atoms. The summed E-state index contributed by atoms with van der Waals surface area (Å²) in [6.45, 7) is 1.95. The van der Waals surface area contributed by atoms with E-state index < -0.39 is 0 Å². The van der Waals surface area contributed by atoms with Crippen molar-refractivity contribution in [2.75, 3.05) is 12.8 Å². The van der Waals surface area contributed by atoms with Gasteiger partial charge in [-0.25, -0.2) is 15.0 Å². The van der Waals surface area contributed by atoms with Crippen molar-refractivity contribution in [2.24, 2.45) is 0 Å². The Morgan fingerprint density at radius 2 is 2.05 bits per heavy atom. The summed E-state index contributed by atoms with van der Waals surface area (Å²) in [5, 5.41) is 3.70. The highest BCUT2D eigenvalue weighted by molar-refractivity contribution is 7.09. The predicted octanol–water partition coefficient (Wildman–Crippen LogP) is 2.65. The summed E-state index contributed by atoms with van der Waals surface area (Å²) >= 11 is 1.56. The predicted molar refractivity (Wildman–Crippen MR) is 76.3 cm³/mol. The molecule has 0 saturated carbocycles. The van der Waals surface area contributed by atoms with Gasteiger partial charge in [0.25, 0.3) is 0 Å². The highest BCUT2D eigenvalue weighted by atomic mass is 32.1. The Bertz CT molecular complexity index is 753. The Morgan fingerprint density at radius 1 is 1.21 bits per heavy atom. The minimum absolute atomic E-state index is 0.435. The first kappa shape index (κ1) is 11.9. The molecular formula is C13H12N4OS. The van der Waals surface area contributed by atoms with Gasteiger partial charge in [-0.1, -0.05) is 0 Å². The fourth-order valence-corrected chi connectivity index (χ4v) is 2.43. The second-order valence-electron chi connectivity index (χ2n) is 4.07. The monoisotopic (exact) mass is 272 g/mol. The molecule has 2 heterocycles. The van der Waals surface area contributed by atoms with E-state index in [4.69, 9.17) is 10.5 Å². The Hall–Kier alpha value is -2.21. The summed E-state index contributed by atoms with van der Waals surface area (Å²) in [5.41, 5.74) is 7.54. The number of methoxy groups -OCH3 is 1. The molecule has 2 N–H and O–H groups in total. The van der Waals surface area contributed by atoms with Crippen LogP contribution in [0.3, 0.4) is 0 Å². The highest BCUT2D eigenvalue weighted by Gasteiger charge is 2.10. The summed E-state index contributed by atoms with van der Waals surface area (Å²) in [4.78, 5) is 13.2. The van der Waals surface area contributed by atoms with Crippen LogP contribution in [-0.4, -0.2) is 22.1 Å². The molecule has 2 aromatic heterocycles. The lowest BCUT2D eigenvalue weighted by Gasteiger charge is -2.05. The van der Waals surface area contributed by atoms with E-state index in [2.05, 4.69) is 15.0 Å². The van der Waals surface area contributed by atoms with E-state index in [1.165, 1.54) is 0 Å². The number of aromatic nitrogens is 3. The summed E-state index contributed by atoms with van der Waals surface area (Å²) in [6.07, 6.45) is 0. The molecule has 0 amide bonds. The third-order valence-corrected chi connectivity index (χ3v) is 3.55. The van der Waals surface area contributed by atoms with E-state index in [1.54, 1.807) is 18.4 Å². The van der Waals surface area contributed by atoms with Gasteiger partial charge in [0.05, 0.1) is 17.6 Å². The number of aryl methyl sites for hydroxylation is 1. The molecule has 0 radical (unpaired) electrons. The van der Waals surface area contributed by atoms with Crippen molar-refractivity contribution in [1.29, 1.82) is 0 Å². The van der Waals surface area contributed by atoms with Crippen LogP contribution in [0.5, 0.6) is 5.75 Å². The molecule has 6 heteroatoms. The highest BCUT2D eigenvalue weighted by Crippen LogP contribution is 2.26. The number of thiazole rings is 1. The van der Waals surface area contributed by atoms with Gasteiger partial charge in [0.1, 0.15) is 17.3 Å². The number of nitrogens with zero attached hydrogens (tertiary/aromatic N) is 3. The summed E-state index contributed by atoms with van der Waals surface area (Å²) in [6, 6.07) is 5.56. The average Bonchev–Trinajstić information content (AvgIpc) is 2.85. The van der Waals surface area contributed by atoms with Crippen molar-refractivity contribution >= 4 is 28.1 Å². The number of benzene rings is 1. The van der Waals surface area contributed by atoms with Crippen LogP contribution < -0.4 is 10.5 Å². The number of rotatable bonds is 2. The van der Waals surface area contributed by atoms with E-state index in [0.717, 1.165) is 27.4 Å². The van der Waals surface area contributed by atoms with Crippen molar-refractivity contribution < 1.29 is 4.74 Å². The van der Waals surface area contributed by atoms with Gasteiger partial charge in [-0.05, 0) is 25.1 Å². The third kappa shape index (κ3) is 2.10. The molecule has 3 aromatic rings. The SMILES string of the molecule is COc1ccc2nc(-c3csc(C)n3)nc(N)c2c1. The molecule has 0 aliphatic carbocycles. The lowest BCUT2D eigenvalue weighted by Crippen LogP contribution is -1.98. The first-order valence-corrected chi connectivity index (χ1v) is 6.59. The number of hydrogen-bond donors (Lipinski definition) is 1. The number of hydrogen-bond acceptors (Lipinski definition) is 6. The molecule has 5 nitrogen and oxygen atoms in total. The molecule has 0 fully saturated rings. The lowest BCUT2D eigenvalue weighted by atomic mass is 10.2. The van der Waals surface area contributed by atoms with Gasteiger partial charge < -0.3 is 10.5 Å². The van der Waals surface area contributed by atoms with Crippen LogP contribution in [0.25, 0.3) is 22.4 Å². The number of nitrogens with two attached hydrogens (primary N) is 1. The van der Waals surface area contributed by atoms with E-state index in [9.17, 15) is 0 Å². The van der Waals surface area contributed by atoms with E-state index in [1.807, 2.05) is 30.5 Å². The zero-order chi connectivity index (χ0) is 13.4. The molecule has 0 atom stereocenters. The number of anilines is 1. The maximum atomic E-state index is 5.99. The molecule has 3 rings (SSSR count). The fourth-order valence-electron chi connectivity index (χ4n) is 1.84. The maximum Gasteiger partial charge on any atom is 0.181 e. The van der Waals surface area contributed by atoms with Crippen LogP contribution in [0.2, 0.25) is 0 Å². The van der Waals surface area contributed by atoms with Crippen LogP contribution in [0.15, 0.2) is 23.6 Å².